The van der Waals surface area contributed by atoms with Crippen LogP contribution in [0.4, 0.5) is 0 Å². The number of pyridine rings is 1. The summed E-state index contributed by atoms with van der Waals surface area (Å²) in [5.41, 5.74) is 5.72. The lowest BCUT2D eigenvalue weighted by Gasteiger charge is -2.06. The number of benzene rings is 3. The molecule has 6 nitrogen and oxygen atoms in total. The van der Waals surface area contributed by atoms with Gasteiger partial charge in [-0.25, -0.2) is 14.8 Å². The molecule has 2 heterocycles. The topological polar surface area (TPSA) is 77.2 Å². The molecule has 0 bridgehead atoms. The van der Waals surface area contributed by atoms with Crippen molar-refractivity contribution in [1.29, 1.82) is 0 Å². The summed E-state index contributed by atoms with van der Waals surface area (Å²) in [4.78, 5) is 20.4. The second-order valence-corrected chi connectivity index (χ2v) is 9.63. The van der Waals surface area contributed by atoms with E-state index in [2.05, 4.69) is 4.98 Å². The molecular formula is C31H23Cl2N3O3. The van der Waals surface area contributed by atoms with Gasteiger partial charge in [0.15, 0.2) is 0 Å². The maximum Gasteiger partial charge on any atom is 0.335 e. The lowest BCUT2D eigenvalue weighted by Crippen LogP contribution is -2.02. The monoisotopic (exact) mass is 555 g/mol. The molecule has 8 heteroatoms. The molecule has 0 unspecified atom stereocenters. The fraction of sp³-hybridized carbons (Fsp3) is 0.0645. The van der Waals surface area contributed by atoms with Crippen LogP contribution < -0.4 is 4.74 Å². The second-order valence-electron chi connectivity index (χ2n) is 8.78. The van der Waals surface area contributed by atoms with Crippen LogP contribution in [0, 0.1) is 0 Å². The number of methoxy groups -OCH3 is 1. The molecule has 1 N–H and O–H groups in total. The van der Waals surface area contributed by atoms with Crippen molar-refractivity contribution in [2.75, 3.05) is 7.11 Å². The van der Waals surface area contributed by atoms with E-state index in [1.54, 1.807) is 49.7 Å². The number of nitrogens with zero attached hydrogens (tertiary/aromatic N) is 3. The fourth-order valence-electron chi connectivity index (χ4n) is 4.10. The molecule has 194 valence electrons. The highest BCUT2D eigenvalue weighted by molar-refractivity contribution is 6.36. The van der Waals surface area contributed by atoms with Gasteiger partial charge in [-0.2, -0.15) is 0 Å². The second kappa shape index (κ2) is 11.6. The van der Waals surface area contributed by atoms with Gasteiger partial charge in [-0.15, -0.1) is 0 Å². The lowest BCUT2D eigenvalue weighted by molar-refractivity contribution is 0.0697. The maximum atomic E-state index is 11.2. The van der Waals surface area contributed by atoms with E-state index < -0.39 is 5.97 Å². The van der Waals surface area contributed by atoms with E-state index in [1.165, 1.54) is 0 Å². The van der Waals surface area contributed by atoms with Crippen molar-refractivity contribution in [1.82, 2.24) is 14.5 Å². The standard InChI is InChI=1S/C31H23Cl2N3O3/c1-39-30-15-11-24(17-34-30)22-7-2-20(3-8-22)6-14-29-35-28(26-13-12-25(32)16-27(26)33)19-36(29)18-21-4-9-23(10-5-21)31(37)38/h2-17,19H,18H2,1H3,(H,37,38)/b14-6+. The molecular weight excluding hydrogens is 533 g/mol. The number of imidazole rings is 1. The van der Waals surface area contributed by atoms with E-state index >= 15 is 0 Å². The van der Waals surface area contributed by atoms with Gasteiger partial charge in [0, 0.05) is 41.2 Å². The van der Waals surface area contributed by atoms with Crippen LogP contribution in [0.1, 0.15) is 27.3 Å². The van der Waals surface area contributed by atoms with Gasteiger partial charge in [-0.05, 0) is 59.2 Å². The Kier molecular flexibility index (Phi) is 7.77. The minimum absolute atomic E-state index is 0.243. The van der Waals surface area contributed by atoms with E-state index in [0.717, 1.165) is 33.6 Å². The number of carboxylic acid groups (broad SMARTS) is 1. The first-order valence-electron chi connectivity index (χ1n) is 12.0. The van der Waals surface area contributed by atoms with Crippen molar-refractivity contribution < 1.29 is 14.6 Å². The minimum Gasteiger partial charge on any atom is -0.481 e. The summed E-state index contributed by atoms with van der Waals surface area (Å²) >= 11 is 12.6. The third-order valence-corrected chi connectivity index (χ3v) is 6.73. The van der Waals surface area contributed by atoms with Crippen LogP contribution in [0.15, 0.2) is 91.3 Å². The number of halogens is 2. The zero-order chi connectivity index (χ0) is 27.4. The van der Waals surface area contributed by atoms with Crippen molar-refractivity contribution in [3.05, 3.63) is 124 Å². The van der Waals surface area contributed by atoms with Crippen molar-refractivity contribution in [3.63, 3.8) is 0 Å². The third kappa shape index (κ3) is 6.20. The molecule has 0 fully saturated rings. The number of carboxylic acids is 1. The SMILES string of the molecule is COc1ccc(-c2ccc(/C=C/c3nc(-c4ccc(Cl)cc4Cl)cn3Cc3ccc(C(=O)O)cc3)cc2)cn1. The number of ether oxygens (including phenoxy) is 1. The molecule has 5 aromatic rings. The van der Waals surface area contributed by atoms with Crippen molar-refractivity contribution in [2.24, 2.45) is 0 Å². The van der Waals surface area contributed by atoms with Gasteiger partial charge in [0.2, 0.25) is 5.88 Å². The molecule has 0 aliphatic carbocycles. The average Bonchev–Trinajstić information content (AvgIpc) is 3.34. The summed E-state index contributed by atoms with van der Waals surface area (Å²) in [6, 6.07) is 24.1. The van der Waals surface area contributed by atoms with Gasteiger partial charge in [0.25, 0.3) is 0 Å². The minimum atomic E-state index is -0.957. The number of rotatable bonds is 8. The van der Waals surface area contributed by atoms with Crippen molar-refractivity contribution >= 4 is 41.3 Å². The molecule has 39 heavy (non-hydrogen) atoms. The van der Waals surface area contributed by atoms with Gasteiger partial charge >= 0.3 is 5.97 Å². The van der Waals surface area contributed by atoms with Gasteiger partial charge < -0.3 is 14.4 Å². The number of hydrogen-bond donors (Lipinski definition) is 1. The number of aromatic nitrogens is 3. The zero-order valence-electron chi connectivity index (χ0n) is 20.9. The number of aromatic carboxylic acids is 1. The predicted molar refractivity (Wildman–Crippen MR) is 155 cm³/mol. The first-order chi connectivity index (χ1) is 18.9. The van der Waals surface area contributed by atoms with Crippen LogP contribution in [0.5, 0.6) is 5.88 Å². The third-order valence-electron chi connectivity index (χ3n) is 6.18. The maximum absolute atomic E-state index is 11.2. The molecule has 0 radical (unpaired) electrons. The Morgan fingerprint density at radius 3 is 2.33 bits per heavy atom. The highest BCUT2D eigenvalue weighted by Gasteiger charge is 2.12. The van der Waals surface area contributed by atoms with Gasteiger partial charge in [0.05, 0.1) is 23.4 Å². The summed E-state index contributed by atoms with van der Waals surface area (Å²) in [6.45, 7) is 0.501. The molecule has 0 spiro atoms. The average molecular weight is 556 g/mol. The Morgan fingerprint density at radius 2 is 1.69 bits per heavy atom. The molecule has 2 aromatic heterocycles. The number of hydrogen-bond acceptors (Lipinski definition) is 4. The van der Waals surface area contributed by atoms with Crippen molar-refractivity contribution in [3.8, 4) is 28.3 Å². The van der Waals surface area contributed by atoms with Gasteiger partial charge in [-0.3, -0.25) is 0 Å². The normalized spacial score (nSPS) is 11.2. The van der Waals surface area contributed by atoms with Crippen LogP contribution >= 0.6 is 23.2 Å². The van der Waals surface area contributed by atoms with Crippen LogP contribution in [-0.2, 0) is 6.54 Å². The van der Waals surface area contributed by atoms with Crippen LogP contribution in [-0.4, -0.2) is 32.7 Å². The van der Waals surface area contributed by atoms with Crippen LogP contribution in [0.25, 0.3) is 34.5 Å². The van der Waals surface area contributed by atoms with Crippen LogP contribution in [0.2, 0.25) is 10.0 Å². The summed E-state index contributed by atoms with van der Waals surface area (Å²) in [5.74, 6) is 0.342. The predicted octanol–water partition coefficient (Wildman–Crippen LogP) is 7.84. The smallest absolute Gasteiger partial charge is 0.335 e. The number of carbonyl (C=O) groups is 1. The summed E-state index contributed by atoms with van der Waals surface area (Å²) < 4.78 is 7.14. The molecule has 0 aliphatic heterocycles. The van der Waals surface area contributed by atoms with Crippen LogP contribution in [0.3, 0.4) is 0 Å². The quantitative estimate of drug-likeness (QED) is 0.211. The lowest BCUT2D eigenvalue weighted by atomic mass is 10.1. The van der Waals surface area contributed by atoms with E-state index in [1.807, 2.05) is 65.4 Å². The summed E-state index contributed by atoms with van der Waals surface area (Å²) in [5, 5.41) is 10.3. The molecule has 0 saturated carbocycles. The molecule has 0 aliphatic rings. The zero-order valence-corrected chi connectivity index (χ0v) is 22.4. The first kappa shape index (κ1) is 26.2. The Bertz CT molecular complexity index is 1640. The van der Waals surface area contributed by atoms with Gasteiger partial charge in [0.1, 0.15) is 5.82 Å². The van der Waals surface area contributed by atoms with E-state index in [0.29, 0.717) is 28.2 Å². The summed E-state index contributed by atoms with van der Waals surface area (Å²) in [7, 11) is 1.59. The highest BCUT2D eigenvalue weighted by Crippen LogP contribution is 2.30. The highest BCUT2D eigenvalue weighted by atomic mass is 35.5. The Morgan fingerprint density at radius 1 is 0.949 bits per heavy atom. The largest absolute Gasteiger partial charge is 0.481 e. The Hall–Kier alpha value is -4.39. The molecule has 0 amide bonds. The van der Waals surface area contributed by atoms with E-state index in [9.17, 15) is 9.90 Å². The van der Waals surface area contributed by atoms with Gasteiger partial charge in [-0.1, -0.05) is 65.7 Å². The Labute approximate surface area is 235 Å². The molecule has 5 rings (SSSR count). The summed E-state index contributed by atoms with van der Waals surface area (Å²) in [6.07, 6.45) is 7.66. The van der Waals surface area contributed by atoms with Crippen molar-refractivity contribution in [2.45, 2.75) is 6.54 Å². The molecule has 3 aromatic carbocycles. The Balaban J connectivity index is 1.44. The first-order valence-corrected chi connectivity index (χ1v) is 12.8. The van der Waals surface area contributed by atoms with E-state index in [4.69, 9.17) is 32.9 Å². The molecule has 0 atom stereocenters. The fourth-order valence-corrected chi connectivity index (χ4v) is 4.60. The molecule has 0 saturated heterocycles. The van der Waals surface area contributed by atoms with E-state index in [-0.39, 0.29) is 5.56 Å².